The van der Waals surface area contributed by atoms with Crippen molar-refractivity contribution in [1.82, 2.24) is 24.5 Å². The molecule has 0 bridgehead atoms. The molecule has 0 aromatic carbocycles. The van der Waals surface area contributed by atoms with Crippen molar-refractivity contribution >= 4 is 11.9 Å². The lowest BCUT2D eigenvalue weighted by molar-refractivity contribution is -0.140. The average Bonchev–Trinajstić information content (AvgIpc) is 3.13. The van der Waals surface area contributed by atoms with E-state index in [9.17, 15) is 9.59 Å². The van der Waals surface area contributed by atoms with Crippen LogP contribution in [0.4, 0.5) is 0 Å². The normalized spacial score (nSPS) is 12.2. The number of aromatic nitrogens is 4. The summed E-state index contributed by atoms with van der Waals surface area (Å²) < 4.78 is 3.09. The molecule has 2 rings (SSSR count). The predicted octanol–water partition coefficient (Wildman–Crippen LogP) is 1.33. The Morgan fingerprint density at radius 1 is 1.39 bits per heavy atom. The van der Waals surface area contributed by atoms with Gasteiger partial charge < -0.3 is 10.0 Å². The van der Waals surface area contributed by atoms with Gasteiger partial charge in [0.15, 0.2) is 0 Å². The first-order valence-corrected chi connectivity index (χ1v) is 7.39. The van der Waals surface area contributed by atoms with Gasteiger partial charge in [-0.2, -0.15) is 10.2 Å². The Kier molecular flexibility index (Phi) is 4.83. The van der Waals surface area contributed by atoms with Crippen molar-refractivity contribution in [2.75, 3.05) is 7.05 Å². The van der Waals surface area contributed by atoms with Gasteiger partial charge in [-0.15, -0.1) is 0 Å². The molecule has 1 N–H and O–H groups in total. The lowest BCUT2D eigenvalue weighted by atomic mass is 10.2. The van der Waals surface area contributed by atoms with Crippen LogP contribution in [0.15, 0.2) is 18.5 Å². The Balaban J connectivity index is 2.19. The van der Waals surface area contributed by atoms with Crippen molar-refractivity contribution in [3.05, 3.63) is 35.4 Å². The highest BCUT2D eigenvalue weighted by atomic mass is 16.4. The van der Waals surface area contributed by atoms with E-state index in [4.69, 9.17) is 5.11 Å². The number of aryl methyl sites for hydroxylation is 1. The summed E-state index contributed by atoms with van der Waals surface area (Å²) in [6.07, 6.45) is 3.18. The van der Waals surface area contributed by atoms with Gasteiger partial charge in [0.05, 0.1) is 6.20 Å². The Hall–Kier alpha value is -2.64. The minimum atomic E-state index is -1.04. The van der Waals surface area contributed by atoms with Gasteiger partial charge in [0.2, 0.25) is 0 Å². The third-order valence-corrected chi connectivity index (χ3v) is 3.87. The lowest BCUT2D eigenvalue weighted by Gasteiger charge is -2.19. The molecule has 1 atom stereocenters. The van der Waals surface area contributed by atoms with Crippen molar-refractivity contribution in [1.29, 1.82) is 0 Å². The highest BCUT2D eigenvalue weighted by molar-refractivity contribution is 5.92. The van der Waals surface area contributed by atoms with Crippen molar-refractivity contribution < 1.29 is 14.7 Å². The maximum Gasteiger partial charge on any atom is 0.328 e. The summed E-state index contributed by atoms with van der Waals surface area (Å²) in [6, 6.07) is 0.627. The largest absolute Gasteiger partial charge is 0.480 e. The zero-order valence-corrected chi connectivity index (χ0v) is 13.7. The van der Waals surface area contributed by atoms with Crippen LogP contribution in [-0.2, 0) is 17.9 Å². The molecule has 8 nitrogen and oxygen atoms in total. The smallest absolute Gasteiger partial charge is 0.328 e. The molecule has 0 fully saturated rings. The topological polar surface area (TPSA) is 93.3 Å². The summed E-state index contributed by atoms with van der Waals surface area (Å²) >= 11 is 0. The molecule has 0 spiro atoms. The van der Waals surface area contributed by atoms with E-state index in [1.807, 2.05) is 18.5 Å². The quantitative estimate of drug-likeness (QED) is 0.867. The number of rotatable bonds is 6. The SMILES string of the molecule is CCn1ncc(CN(C)C(=O)c2ccnn2C(C)C(=O)O)c1C. The van der Waals surface area contributed by atoms with Crippen molar-refractivity contribution in [2.45, 2.75) is 39.9 Å². The van der Waals surface area contributed by atoms with Crippen LogP contribution in [-0.4, -0.2) is 48.5 Å². The van der Waals surface area contributed by atoms with Crippen LogP contribution < -0.4 is 0 Å². The number of carboxylic acids is 1. The maximum atomic E-state index is 12.6. The van der Waals surface area contributed by atoms with Crippen LogP contribution in [0.1, 0.15) is 41.6 Å². The van der Waals surface area contributed by atoms with Crippen molar-refractivity contribution in [3.8, 4) is 0 Å². The molecular weight excluding hydrogens is 298 g/mol. The summed E-state index contributed by atoms with van der Waals surface area (Å²) in [4.78, 5) is 25.2. The number of carbonyl (C=O) groups is 2. The molecule has 1 unspecified atom stereocenters. The Morgan fingerprint density at radius 2 is 2.09 bits per heavy atom. The second-order valence-corrected chi connectivity index (χ2v) is 5.41. The summed E-state index contributed by atoms with van der Waals surface area (Å²) in [5.74, 6) is -1.32. The Morgan fingerprint density at radius 3 is 2.65 bits per heavy atom. The molecule has 0 saturated carbocycles. The number of carbonyl (C=O) groups excluding carboxylic acids is 1. The van der Waals surface area contributed by atoms with E-state index in [0.29, 0.717) is 6.54 Å². The Labute approximate surface area is 134 Å². The van der Waals surface area contributed by atoms with Gasteiger partial charge in [-0.3, -0.25) is 9.48 Å². The van der Waals surface area contributed by atoms with Gasteiger partial charge in [-0.1, -0.05) is 0 Å². The average molecular weight is 319 g/mol. The van der Waals surface area contributed by atoms with E-state index in [0.717, 1.165) is 17.8 Å². The van der Waals surface area contributed by atoms with Gasteiger partial charge in [0, 0.05) is 37.6 Å². The van der Waals surface area contributed by atoms with Crippen molar-refractivity contribution in [2.24, 2.45) is 0 Å². The fourth-order valence-electron chi connectivity index (χ4n) is 2.38. The monoisotopic (exact) mass is 319 g/mol. The van der Waals surface area contributed by atoms with Crippen LogP contribution in [0, 0.1) is 6.92 Å². The fourth-order valence-corrected chi connectivity index (χ4v) is 2.38. The first kappa shape index (κ1) is 16.7. The number of hydrogen-bond acceptors (Lipinski definition) is 4. The molecular formula is C15H21N5O3. The zero-order valence-electron chi connectivity index (χ0n) is 13.7. The molecule has 1 amide bonds. The molecule has 8 heteroatoms. The molecule has 124 valence electrons. The standard InChI is InChI=1S/C15H21N5O3/c1-5-19-10(2)12(8-17-19)9-18(4)14(21)13-6-7-16-20(13)11(3)15(22)23/h6-8,11H,5,9H2,1-4H3,(H,22,23). The molecule has 2 heterocycles. The molecule has 2 aromatic rings. The van der Waals surface area contributed by atoms with Gasteiger partial charge >= 0.3 is 5.97 Å². The van der Waals surface area contributed by atoms with Crippen molar-refractivity contribution in [3.63, 3.8) is 0 Å². The number of hydrogen-bond donors (Lipinski definition) is 1. The summed E-state index contributed by atoms with van der Waals surface area (Å²) in [5.41, 5.74) is 2.22. The first-order chi connectivity index (χ1) is 10.9. The summed E-state index contributed by atoms with van der Waals surface area (Å²) in [5, 5.41) is 17.3. The highest BCUT2D eigenvalue weighted by Crippen LogP contribution is 2.14. The molecule has 0 aliphatic heterocycles. The van der Waals surface area contributed by atoms with Crippen LogP contribution in [0.2, 0.25) is 0 Å². The third-order valence-electron chi connectivity index (χ3n) is 3.87. The molecule has 0 saturated heterocycles. The van der Waals surface area contributed by atoms with E-state index in [1.165, 1.54) is 28.8 Å². The molecule has 0 aliphatic carbocycles. The van der Waals surface area contributed by atoms with E-state index in [2.05, 4.69) is 10.2 Å². The number of nitrogens with zero attached hydrogens (tertiary/aromatic N) is 5. The Bertz CT molecular complexity index is 719. The van der Waals surface area contributed by atoms with Gasteiger partial charge in [-0.05, 0) is 26.8 Å². The maximum absolute atomic E-state index is 12.6. The molecule has 0 aliphatic rings. The molecule has 2 aromatic heterocycles. The van der Waals surface area contributed by atoms with Crippen LogP contribution in [0.3, 0.4) is 0 Å². The second-order valence-electron chi connectivity index (χ2n) is 5.41. The summed E-state index contributed by atoms with van der Waals surface area (Å²) in [7, 11) is 1.67. The van der Waals surface area contributed by atoms with Crippen LogP contribution >= 0.6 is 0 Å². The van der Waals surface area contributed by atoms with E-state index >= 15 is 0 Å². The number of amides is 1. The number of carboxylic acid groups (broad SMARTS) is 1. The van der Waals surface area contributed by atoms with E-state index < -0.39 is 12.0 Å². The highest BCUT2D eigenvalue weighted by Gasteiger charge is 2.23. The van der Waals surface area contributed by atoms with Crippen LogP contribution in [0.5, 0.6) is 0 Å². The number of aliphatic carboxylic acids is 1. The van der Waals surface area contributed by atoms with Gasteiger partial charge in [0.25, 0.3) is 5.91 Å². The molecule has 0 radical (unpaired) electrons. The minimum Gasteiger partial charge on any atom is -0.480 e. The third kappa shape index (κ3) is 3.25. The van der Waals surface area contributed by atoms with Gasteiger partial charge in [-0.25, -0.2) is 9.48 Å². The minimum absolute atomic E-state index is 0.253. The summed E-state index contributed by atoms with van der Waals surface area (Å²) in [6.45, 7) is 6.62. The van der Waals surface area contributed by atoms with E-state index in [-0.39, 0.29) is 11.6 Å². The van der Waals surface area contributed by atoms with E-state index in [1.54, 1.807) is 13.2 Å². The predicted molar refractivity (Wildman–Crippen MR) is 83.0 cm³/mol. The fraction of sp³-hybridized carbons (Fsp3) is 0.467. The molecule has 23 heavy (non-hydrogen) atoms. The van der Waals surface area contributed by atoms with Gasteiger partial charge in [0.1, 0.15) is 11.7 Å². The zero-order chi connectivity index (χ0) is 17.1. The van der Waals surface area contributed by atoms with Crippen LogP contribution in [0.25, 0.3) is 0 Å². The second kappa shape index (κ2) is 6.64. The first-order valence-electron chi connectivity index (χ1n) is 7.39. The lowest BCUT2D eigenvalue weighted by Crippen LogP contribution is -2.30.